The first-order chi connectivity index (χ1) is 7.17. The molecule has 0 saturated heterocycles. The Hall–Kier alpha value is -0.280. The summed E-state index contributed by atoms with van der Waals surface area (Å²) in [7, 11) is 0. The molecule has 1 aromatic carbocycles. The summed E-state index contributed by atoms with van der Waals surface area (Å²) in [6.45, 7) is 3.03. The molecule has 0 bridgehead atoms. The Morgan fingerprint density at radius 3 is 2.67 bits per heavy atom. The summed E-state index contributed by atoms with van der Waals surface area (Å²) in [5.74, 6) is 0. The standard InChI is InChI=1S/C11H15Cl2NO/c1-2-10(7-15)14-6-8-3-4-9(12)5-11(8)13/h3-5,10,14-15H,2,6-7H2,1H3/p+1/t10-/m0/s1. The molecule has 0 saturated carbocycles. The average Bonchev–Trinajstić information content (AvgIpc) is 2.22. The van der Waals surface area contributed by atoms with Crippen LogP contribution in [0.25, 0.3) is 0 Å². The van der Waals surface area contributed by atoms with Gasteiger partial charge in [-0.1, -0.05) is 36.2 Å². The maximum absolute atomic E-state index is 9.03. The first-order valence-electron chi connectivity index (χ1n) is 5.05. The Morgan fingerprint density at radius 2 is 2.13 bits per heavy atom. The van der Waals surface area contributed by atoms with Gasteiger partial charge in [0.1, 0.15) is 12.6 Å². The second kappa shape index (κ2) is 6.33. The summed E-state index contributed by atoms with van der Waals surface area (Å²) in [5.41, 5.74) is 1.05. The van der Waals surface area contributed by atoms with E-state index in [2.05, 4.69) is 12.2 Å². The number of aliphatic hydroxyl groups excluding tert-OH is 1. The zero-order valence-electron chi connectivity index (χ0n) is 8.71. The number of aliphatic hydroxyl groups is 1. The smallest absolute Gasteiger partial charge is 0.109 e. The highest BCUT2D eigenvalue weighted by Crippen LogP contribution is 2.19. The minimum atomic E-state index is 0.196. The average molecular weight is 249 g/mol. The normalized spacial score (nSPS) is 12.8. The van der Waals surface area contributed by atoms with Gasteiger partial charge in [0.25, 0.3) is 0 Å². The van der Waals surface area contributed by atoms with Gasteiger partial charge in [0.05, 0.1) is 11.6 Å². The van der Waals surface area contributed by atoms with Crippen LogP contribution in [0.2, 0.25) is 10.0 Å². The van der Waals surface area contributed by atoms with Crippen molar-refractivity contribution >= 4 is 23.2 Å². The summed E-state index contributed by atoms with van der Waals surface area (Å²) in [4.78, 5) is 0. The van der Waals surface area contributed by atoms with Crippen LogP contribution in [0.15, 0.2) is 18.2 Å². The van der Waals surface area contributed by atoms with E-state index in [0.29, 0.717) is 10.0 Å². The first kappa shape index (κ1) is 12.8. The number of halogens is 2. The lowest BCUT2D eigenvalue weighted by Gasteiger charge is -2.11. The van der Waals surface area contributed by atoms with Crippen LogP contribution >= 0.6 is 23.2 Å². The second-order valence-corrected chi connectivity index (χ2v) is 4.37. The first-order valence-corrected chi connectivity index (χ1v) is 5.81. The van der Waals surface area contributed by atoms with E-state index in [0.717, 1.165) is 18.5 Å². The van der Waals surface area contributed by atoms with E-state index in [4.69, 9.17) is 28.3 Å². The van der Waals surface area contributed by atoms with Crippen LogP contribution in [0.3, 0.4) is 0 Å². The molecule has 15 heavy (non-hydrogen) atoms. The maximum atomic E-state index is 9.03. The summed E-state index contributed by atoms with van der Waals surface area (Å²) in [6.07, 6.45) is 0.946. The van der Waals surface area contributed by atoms with Crippen molar-refractivity contribution in [2.24, 2.45) is 0 Å². The summed E-state index contributed by atoms with van der Waals surface area (Å²) in [5, 5.41) is 12.5. The number of quaternary nitrogens is 1. The molecule has 0 aromatic heterocycles. The lowest BCUT2D eigenvalue weighted by molar-refractivity contribution is -0.706. The molecule has 4 heteroatoms. The molecule has 1 atom stereocenters. The van der Waals surface area contributed by atoms with Crippen LogP contribution in [-0.2, 0) is 6.54 Å². The largest absolute Gasteiger partial charge is 0.390 e. The molecule has 0 fully saturated rings. The van der Waals surface area contributed by atoms with Gasteiger partial charge in [0.2, 0.25) is 0 Å². The Kier molecular flexibility index (Phi) is 5.40. The highest BCUT2D eigenvalue weighted by molar-refractivity contribution is 6.35. The van der Waals surface area contributed by atoms with Crippen molar-refractivity contribution in [3.8, 4) is 0 Å². The van der Waals surface area contributed by atoms with E-state index in [1.807, 2.05) is 12.1 Å². The molecule has 0 aliphatic rings. The molecule has 0 aliphatic heterocycles. The number of rotatable bonds is 5. The zero-order chi connectivity index (χ0) is 11.3. The molecule has 3 N–H and O–H groups in total. The highest BCUT2D eigenvalue weighted by atomic mass is 35.5. The topological polar surface area (TPSA) is 36.8 Å². The van der Waals surface area contributed by atoms with Gasteiger partial charge in [-0.3, -0.25) is 0 Å². The molecule has 0 radical (unpaired) electrons. The van der Waals surface area contributed by atoms with E-state index >= 15 is 0 Å². The lowest BCUT2D eigenvalue weighted by Crippen LogP contribution is -2.89. The third kappa shape index (κ3) is 3.99. The lowest BCUT2D eigenvalue weighted by atomic mass is 10.2. The quantitative estimate of drug-likeness (QED) is 0.820. The van der Waals surface area contributed by atoms with Gasteiger partial charge in [-0.25, -0.2) is 0 Å². The molecule has 2 nitrogen and oxygen atoms in total. The second-order valence-electron chi connectivity index (χ2n) is 3.53. The zero-order valence-corrected chi connectivity index (χ0v) is 10.2. The molecule has 0 heterocycles. The van der Waals surface area contributed by atoms with E-state index < -0.39 is 0 Å². The van der Waals surface area contributed by atoms with Crippen molar-refractivity contribution in [3.63, 3.8) is 0 Å². The Morgan fingerprint density at radius 1 is 1.40 bits per heavy atom. The van der Waals surface area contributed by atoms with Gasteiger partial charge >= 0.3 is 0 Å². The van der Waals surface area contributed by atoms with Crippen LogP contribution in [0.1, 0.15) is 18.9 Å². The van der Waals surface area contributed by atoms with Crippen LogP contribution in [0, 0.1) is 0 Å². The Balaban J connectivity index is 2.57. The molecule has 0 unspecified atom stereocenters. The van der Waals surface area contributed by atoms with Gasteiger partial charge in [-0.2, -0.15) is 0 Å². The van der Waals surface area contributed by atoms with E-state index in [1.54, 1.807) is 6.07 Å². The molecule has 84 valence electrons. The fourth-order valence-corrected chi connectivity index (χ4v) is 1.84. The van der Waals surface area contributed by atoms with Crippen molar-refractivity contribution in [2.45, 2.75) is 25.9 Å². The third-order valence-electron chi connectivity index (χ3n) is 2.45. The Labute approximate surface area is 100 Å². The van der Waals surface area contributed by atoms with Crippen LogP contribution < -0.4 is 5.32 Å². The maximum Gasteiger partial charge on any atom is 0.109 e. The van der Waals surface area contributed by atoms with E-state index in [-0.39, 0.29) is 12.6 Å². The van der Waals surface area contributed by atoms with Crippen molar-refractivity contribution < 1.29 is 10.4 Å². The number of hydrogen-bond acceptors (Lipinski definition) is 1. The van der Waals surface area contributed by atoms with Gasteiger partial charge in [0.15, 0.2) is 0 Å². The fraction of sp³-hybridized carbons (Fsp3) is 0.455. The van der Waals surface area contributed by atoms with Crippen LogP contribution in [0.4, 0.5) is 0 Å². The number of benzene rings is 1. The van der Waals surface area contributed by atoms with Crippen molar-refractivity contribution in [2.75, 3.05) is 6.61 Å². The van der Waals surface area contributed by atoms with Gasteiger partial charge < -0.3 is 10.4 Å². The molecule has 0 spiro atoms. The monoisotopic (exact) mass is 248 g/mol. The molecule has 0 amide bonds. The van der Waals surface area contributed by atoms with Crippen molar-refractivity contribution in [1.29, 1.82) is 0 Å². The minimum Gasteiger partial charge on any atom is -0.390 e. The van der Waals surface area contributed by atoms with E-state index in [9.17, 15) is 0 Å². The predicted octanol–water partition coefficient (Wildman–Crippen LogP) is 1.83. The minimum absolute atomic E-state index is 0.196. The SMILES string of the molecule is CC[C@@H](CO)[NH2+]Cc1ccc(Cl)cc1Cl. The number of nitrogens with two attached hydrogens (primary N) is 1. The van der Waals surface area contributed by atoms with Crippen LogP contribution in [0.5, 0.6) is 0 Å². The fourth-order valence-electron chi connectivity index (χ4n) is 1.35. The molecule has 0 aliphatic carbocycles. The summed E-state index contributed by atoms with van der Waals surface area (Å²) in [6, 6.07) is 5.74. The molecule has 1 aromatic rings. The summed E-state index contributed by atoms with van der Waals surface area (Å²) >= 11 is 11.8. The predicted molar refractivity (Wildman–Crippen MR) is 63.3 cm³/mol. The summed E-state index contributed by atoms with van der Waals surface area (Å²) < 4.78 is 0. The van der Waals surface area contributed by atoms with Crippen molar-refractivity contribution in [3.05, 3.63) is 33.8 Å². The van der Waals surface area contributed by atoms with Gasteiger partial charge in [-0.15, -0.1) is 0 Å². The van der Waals surface area contributed by atoms with Gasteiger partial charge in [0, 0.05) is 10.6 Å². The third-order valence-corrected chi connectivity index (χ3v) is 3.03. The van der Waals surface area contributed by atoms with Gasteiger partial charge in [-0.05, 0) is 18.6 Å². The molecule has 1 rings (SSSR count). The van der Waals surface area contributed by atoms with E-state index in [1.165, 1.54) is 0 Å². The molecular weight excluding hydrogens is 233 g/mol. The highest BCUT2D eigenvalue weighted by Gasteiger charge is 2.09. The van der Waals surface area contributed by atoms with Crippen molar-refractivity contribution in [1.82, 2.24) is 0 Å². The number of hydrogen-bond donors (Lipinski definition) is 2. The molecular formula is C11H16Cl2NO+. The Bertz CT molecular complexity index is 313. The van der Waals surface area contributed by atoms with Crippen LogP contribution in [-0.4, -0.2) is 17.8 Å².